The fourth-order valence-corrected chi connectivity index (χ4v) is 2.31. The van der Waals surface area contributed by atoms with Gasteiger partial charge in [-0.3, -0.25) is 4.79 Å². The van der Waals surface area contributed by atoms with Crippen molar-refractivity contribution < 1.29 is 4.79 Å². The molecule has 1 heterocycles. The number of rotatable bonds is 6. The normalized spacial score (nSPS) is 12.9. The maximum atomic E-state index is 12.2. The van der Waals surface area contributed by atoms with E-state index in [1.165, 1.54) is 6.33 Å². The van der Waals surface area contributed by atoms with Crippen LogP contribution in [0.5, 0.6) is 0 Å². The van der Waals surface area contributed by atoms with Crippen LogP contribution in [0.3, 0.4) is 0 Å². The molecule has 0 aliphatic heterocycles. The fourth-order valence-electron chi connectivity index (χ4n) is 1.95. The summed E-state index contributed by atoms with van der Waals surface area (Å²) in [5.41, 5.74) is 7.88. The number of nitrogens with zero attached hydrogens (tertiary/aromatic N) is 3. The summed E-state index contributed by atoms with van der Waals surface area (Å²) in [6.07, 6.45) is 5.06. The summed E-state index contributed by atoms with van der Waals surface area (Å²) in [6, 6.07) is 7.16. The van der Waals surface area contributed by atoms with Gasteiger partial charge in [-0.15, -0.1) is 0 Å². The van der Waals surface area contributed by atoms with Crippen LogP contribution in [0.1, 0.15) is 19.4 Å². The predicted molar refractivity (Wildman–Crippen MR) is 88.8 cm³/mol. The van der Waals surface area contributed by atoms with Crippen molar-refractivity contribution in [2.24, 2.45) is 5.73 Å². The molecule has 1 amide bonds. The molecule has 22 heavy (non-hydrogen) atoms. The molecule has 0 saturated heterocycles. The summed E-state index contributed by atoms with van der Waals surface area (Å²) in [5, 5.41) is 7.03. The molecule has 0 saturated carbocycles. The van der Waals surface area contributed by atoms with E-state index in [-0.39, 0.29) is 10.7 Å². The largest absolute Gasteiger partial charge is 0.351 e. The van der Waals surface area contributed by atoms with Gasteiger partial charge in [-0.2, -0.15) is 16.9 Å². The van der Waals surface area contributed by atoms with E-state index in [2.05, 4.69) is 15.4 Å². The van der Waals surface area contributed by atoms with Gasteiger partial charge >= 0.3 is 0 Å². The molecule has 0 aliphatic rings. The lowest BCUT2D eigenvalue weighted by atomic mass is 10.0. The predicted octanol–water partition coefficient (Wildman–Crippen LogP) is 1.35. The summed E-state index contributed by atoms with van der Waals surface area (Å²) in [4.78, 5) is 16.2. The number of para-hydroxylation sites is 1. The number of hydrogen-bond acceptors (Lipinski definition) is 5. The molecule has 2 rings (SSSR count). The lowest BCUT2D eigenvalue weighted by molar-refractivity contribution is -0.123. The highest BCUT2D eigenvalue weighted by Crippen LogP contribution is 2.24. The number of nitrogens with one attached hydrogen (secondary N) is 1. The van der Waals surface area contributed by atoms with Crippen LogP contribution in [0, 0.1) is 0 Å². The SMILES string of the molecule is CSC(C)(C)[C@H](N)C(=O)NCc1ccccc1-n1cncn1. The molecule has 6 nitrogen and oxygen atoms in total. The van der Waals surface area contributed by atoms with Crippen molar-refractivity contribution in [1.29, 1.82) is 0 Å². The van der Waals surface area contributed by atoms with Crippen molar-refractivity contribution in [2.45, 2.75) is 31.2 Å². The number of nitrogens with two attached hydrogens (primary N) is 1. The molecule has 0 aliphatic carbocycles. The molecule has 118 valence electrons. The molecule has 1 atom stereocenters. The van der Waals surface area contributed by atoms with Gasteiger partial charge in [0.15, 0.2) is 0 Å². The van der Waals surface area contributed by atoms with Crippen molar-refractivity contribution in [3.05, 3.63) is 42.5 Å². The van der Waals surface area contributed by atoms with Crippen molar-refractivity contribution >= 4 is 17.7 Å². The van der Waals surface area contributed by atoms with Gasteiger partial charge in [0.1, 0.15) is 12.7 Å². The molecule has 1 aromatic heterocycles. The Balaban J connectivity index is 2.08. The lowest BCUT2D eigenvalue weighted by Gasteiger charge is -2.28. The van der Waals surface area contributed by atoms with Crippen LogP contribution in [0.2, 0.25) is 0 Å². The summed E-state index contributed by atoms with van der Waals surface area (Å²) in [5.74, 6) is -0.159. The molecule has 2 aromatic rings. The molecule has 0 bridgehead atoms. The van der Waals surface area contributed by atoms with Crippen molar-refractivity contribution in [3.8, 4) is 5.69 Å². The Bertz CT molecular complexity index is 627. The highest BCUT2D eigenvalue weighted by Gasteiger charge is 2.31. The Labute approximate surface area is 134 Å². The average molecular weight is 319 g/mol. The monoisotopic (exact) mass is 319 g/mol. The first kappa shape index (κ1) is 16.5. The molecule has 0 radical (unpaired) electrons. The third-order valence-corrected chi connectivity index (χ3v) is 4.97. The molecular formula is C15H21N5OS. The van der Waals surface area contributed by atoms with Crippen LogP contribution in [-0.2, 0) is 11.3 Å². The van der Waals surface area contributed by atoms with E-state index in [0.29, 0.717) is 6.54 Å². The Kier molecular flexibility index (Phi) is 5.20. The van der Waals surface area contributed by atoms with Gasteiger partial charge in [-0.25, -0.2) is 9.67 Å². The molecule has 7 heteroatoms. The van der Waals surface area contributed by atoms with E-state index in [1.807, 2.05) is 44.4 Å². The second-order valence-electron chi connectivity index (χ2n) is 5.47. The van der Waals surface area contributed by atoms with Crippen LogP contribution in [0.25, 0.3) is 5.69 Å². The molecule has 1 aromatic carbocycles. The summed E-state index contributed by atoms with van der Waals surface area (Å²) in [7, 11) is 0. The summed E-state index contributed by atoms with van der Waals surface area (Å²) < 4.78 is 1.36. The van der Waals surface area contributed by atoms with Gasteiger partial charge in [0, 0.05) is 11.3 Å². The standard InChI is InChI=1S/C15H21N5OS/c1-15(2,22-3)13(16)14(21)18-8-11-6-4-5-7-12(11)20-10-17-9-19-20/h4-7,9-10,13H,8,16H2,1-3H3,(H,18,21)/t13-/m1/s1. The van der Waals surface area contributed by atoms with Crippen molar-refractivity contribution in [2.75, 3.05) is 6.26 Å². The van der Waals surface area contributed by atoms with Gasteiger partial charge in [-0.05, 0) is 31.7 Å². The van der Waals surface area contributed by atoms with Crippen molar-refractivity contribution in [3.63, 3.8) is 0 Å². The first-order valence-electron chi connectivity index (χ1n) is 6.97. The second-order valence-corrected chi connectivity index (χ2v) is 6.93. The highest BCUT2D eigenvalue weighted by molar-refractivity contribution is 8.00. The molecule has 0 unspecified atom stereocenters. The van der Waals surface area contributed by atoms with E-state index in [0.717, 1.165) is 11.3 Å². The van der Waals surface area contributed by atoms with Crippen LogP contribution in [0.4, 0.5) is 0 Å². The zero-order chi connectivity index (χ0) is 16.2. The average Bonchev–Trinajstić information content (AvgIpc) is 3.06. The van der Waals surface area contributed by atoms with Gasteiger partial charge in [-0.1, -0.05) is 18.2 Å². The van der Waals surface area contributed by atoms with E-state index >= 15 is 0 Å². The van der Waals surface area contributed by atoms with Crippen LogP contribution in [0.15, 0.2) is 36.9 Å². The minimum absolute atomic E-state index is 0.159. The minimum Gasteiger partial charge on any atom is -0.351 e. The third-order valence-electron chi connectivity index (χ3n) is 3.67. The Morgan fingerprint density at radius 3 is 2.82 bits per heavy atom. The Hall–Kier alpha value is -1.86. The molecule has 0 spiro atoms. The molecular weight excluding hydrogens is 298 g/mol. The Morgan fingerprint density at radius 1 is 1.45 bits per heavy atom. The third kappa shape index (κ3) is 3.66. The number of amides is 1. The van der Waals surface area contributed by atoms with Gasteiger partial charge in [0.25, 0.3) is 0 Å². The van der Waals surface area contributed by atoms with Gasteiger partial charge in [0.2, 0.25) is 5.91 Å². The van der Waals surface area contributed by atoms with E-state index < -0.39 is 6.04 Å². The van der Waals surface area contributed by atoms with Crippen LogP contribution >= 0.6 is 11.8 Å². The molecule has 3 N–H and O–H groups in total. The quantitative estimate of drug-likeness (QED) is 0.839. The number of carbonyl (C=O) groups excluding carboxylic acids is 1. The number of hydrogen-bond donors (Lipinski definition) is 2. The summed E-state index contributed by atoms with van der Waals surface area (Å²) in [6.45, 7) is 4.32. The van der Waals surface area contributed by atoms with Crippen molar-refractivity contribution in [1.82, 2.24) is 20.1 Å². The number of aromatic nitrogens is 3. The number of thioether (sulfide) groups is 1. The zero-order valence-electron chi connectivity index (χ0n) is 13.0. The van der Waals surface area contributed by atoms with Gasteiger partial charge in [0.05, 0.1) is 11.7 Å². The minimum atomic E-state index is -0.568. The van der Waals surface area contributed by atoms with E-state index in [4.69, 9.17) is 5.73 Å². The first-order chi connectivity index (χ1) is 10.5. The maximum absolute atomic E-state index is 12.2. The van der Waals surface area contributed by atoms with Crippen LogP contribution in [-0.4, -0.2) is 37.7 Å². The van der Waals surface area contributed by atoms with E-state index in [9.17, 15) is 4.79 Å². The topological polar surface area (TPSA) is 85.8 Å². The summed E-state index contributed by atoms with van der Waals surface area (Å²) >= 11 is 1.58. The highest BCUT2D eigenvalue weighted by atomic mass is 32.2. The first-order valence-corrected chi connectivity index (χ1v) is 8.19. The molecule has 0 fully saturated rings. The smallest absolute Gasteiger partial charge is 0.238 e. The van der Waals surface area contributed by atoms with Crippen LogP contribution < -0.4 is 11.1 Å². The lowest BCUT2D eigenvalue weighted by Crippen LogP contribution is -2.51. The Morgan fingerprint density at radius 2 is 2.18 bits per heavy atom. The number of benzene rings is 1. The fraction of sp³-hybridized carbons (Fsp3) is 0.400. The maximum Gasteiger partial charge on any atom is 0.238 e. The number of carbonyl (C=O) groups is 1. The van der Waals surface area contributed by atoms with E-state index in [1.54, 1.807) is 22.8 Å². The zero-order valence-corrected chi connectivity index (χ0v) is 13.8. The second kappa shape index (κ2) is 6.93. The van der Waals surface area contributed by atoms with Gasteiger partial charge < -0.3 is 11.1 Å².